The van der Waals surface area contributed by atoms with E-state index < -0.39 is 30.3 Å². The Kier molecular flexibility index (Phi) is 5.99. The first-order valence-electron chi connectivity index (χ1n) is 7.07. The summed E-state index contributed by atoms with van der Waals surface area (Å²) in [6.07, 6.45) is -4.69. The van der Waals surface area contributed by atoms with E-state index in [1.54, 1.807) is 13.8 Å². The summed E-state index contributed by atoms with van der Waals surface area (Å²) in [6.45, 7) is 4.17. The molecule has 1 aromatic carbocycles. The fourth-order valence-electron chi connectivity index (χ4n) is 1.89. The van der Waals surface area contributed by atoms with Gasteiger partial charge in [-0.2, -0.15) is 13.2 Å². The molecule has 0 heterocycles. The fraction of sp³-hybridized carbons (Fsp3) is 0.500. The smallest absolute Gasteiger partial charge is 0.422 e. The molecule has 0 saturated heterocycles. The van der Waals surface area contributed by atoms with E-state index in [0.29, 0.717) is 16.7 Å². The van der Waals surface area contributed by atoms with Crippen LogP contribution in [0.3, 0.4) is 0 Å². The maximum atomic E-state index is 12.2. The summed E-state index contributed by atoms with van der Waals surface area (Å²) >= 11 is 0. The van der Waals surface area contributed by atoms with Crippen LogP contribution in [0, 0.1) is 13.8 Å². The van der Waals surface area contributed by atoms with Crippen LogP contribution in [-0.4, -0.2) is 35.4 Å². The topological polar surface area (TPSA) is 72.8 Å². The highest BCUT2D eigenvalue weighted by Crippen LogP contribution is 2.25. The number of benzene rings is 1. The number of hydrogen-bond donors (Lipinski definition) is 1. The number of aliphatic hydroxyl groups is 1. The van der Waals surface area contributed by atoms with Gasteiger partial charge in [0.2, 0.25) is 0 Å². The summed E-state index contributed by atoms with van der Waals surface area (Å²) in [6, 6.07) is 2.75. The fourth-order valence-corrected chi connectivity index (χ4v) is 1.89. The number of halogens is 3. The monoisotopic (exact) mass is 348 g/mol. The lowest BCUT2D eigenvalue weighted by Gasteiger charge is -2.16. The molecular formula is C16H19F3O5. The van der Waals surface area contributed by atoms with Crippen molar-refractivity contribution in [3.63, 3.8) is 0 Å². The van der Waals surface area contributed by atoms with Gasteiger partial charge in [-0.3, -0.25) is 4.79 Å². The molecule has 1 rings (SSSR count). The second kappa shape index (κ2) is 7.21. The van der Waals surface area contributed by atoms with E-state index in [0.717, 1.165) is 0 Å². The molecule has 0 saturated carbocycles. The van der Waals surface area contributed by atoms with Crippen molar-refractivity contribution in [2.75, 3.05) is 6.61 Å². The molecule has 24 heavy (non-hydrogen) atoms. The van der Waals surface area contributed by atoms with Crippen molar-refractivity contribution in [3.05, 3.63) is 28.8 Å². The van der Waals surface area contributed by atoms with Gasteiger partial charge in [0.1, 0.15) is 5.75 Å². The molecule has 0 unspecified atom stereocenters. The second-order valence-corrected chi connectivity index (χ2v) is 5.94. The number of alkyl halides is 3. The Hall–Kier alpha value is -2.09. The molecule has 5 nitrogen and oxygen atoms in total. The molecule has 0 amide bonds. The largest absolute Gasteiger partial charge is 0.484 e. The standard InChI is InChI=1S/C16H19F3O5/c1-9-5-11(23-8-16(17,18)19)6-10(2)12(9)7-13(20)24-14(21)15(3,4)22/h5-6,22H,7-8H2,1-4H3. The van der Waals surface area contributed by atoms with Gasteiger partial charge in [-0.1, -0.05) is 0 Å². The highest BCUT2D eigenvalue weighted by Gasteiger charge is 2.29. The Morgan fingerprint density at radius 2 is 1.62 bits per heavy atom. The molecule has 0 radical (unpaired) electrons. The third-order valence-corrected chi connectivity index (χ3v) is 3.10. The molecule has 0 fully saturated rings. The van der Waals surface area contributed by atoms with Crippen LogP contribution in [0.4, 0.5) is 13.2 Å². The maximum absolute atomic E-state index is 12.2. The summed E-state index contributed by atoms with van der Waals surface area (Å²) in [4.78, 5) is 23.2. The highest BCUT2D eigenvalue weighted by atomic mass is 19.4. The molecule has 0 aromatic heterocycles. The Balaban J connectivity index is 2.83. The maximum Gasteiger partial charge on any atom is 0.422 e. The molecule has 1 aromatic rings. The van der Waals surface area contributed by atoms with E-state index in [2.05, 4.69) is 9.47 Å². The van der Waals surface area contributed by atoms with Crippen LogP contribution in [0.15, 0.2) is 12.1 Å². The average molecular weight is 348 g/mol. The Labute approximate surface area is 137 Å². The number of carbonyl (C=O) groups is 2. The zero-order valence-electron chi connectivity index (χ0n) is 13.8. The normalized spacial score (nSPS) is 12.0. The van der Waals surface area contributed by atoms with Crippen molar-refractivity contribution in [1.29, 1.82) is 0 Å². The number of ether oxygens (including phenoxy) is 2. The minimum absolute atomic E-state index is 0.0343. The van der Waals surface area contributed by atoms with Gasteiger partial charge in [-0.25, -0.2) is 4.79 Å². The zero-order valence-corrected chi connectivity index (χ0v) is 13.8. The van der Waals surface area contributed by atoms with Crippen molar-refractivity contribution in [2.45, 2.75) is 45.9 Å². The minimum atomic E-state index is -4.44. The molecule has 0 aliphatic carbocycles. The molecule has 0 bridgehead atoms. The van der Waals surface area contributed by atoms with Crippen molar-refractivity contribution in [3.8, 4) is 5.75 Å². The molecule has 0 spiro atoms. The van der Waals surface area contributed by atoms with E-state index in [9.17, 15) is 27.9 Å². The first-order valence-corrected chi connectivity index (χ1v) is 7.07. The Morgan fingerprint density at radius 1 is 1.12 bits per heavy atom. The van der Waals surface area contributed by atoms with Gasteiger partial charge in [-0.05, 0) is 56.5 Å². The van der Waals surface area contributed by atoms with Gasteiger partial charge in [0.25, 0.3) is 0 Å². The van der Waals surface area contributed by atoms with E-state index in [4.69, 9.17) is 0 Å². The van der Waals surface area contributed by atoms with Crippen molar-refractivity contribution in [2.24, 2.45) is 0 Å². The van der Waals surface area contributed by atoms with E-state index in [1.807, 2.05) is 0 Å². The Morgan fingerprint density at radius 3 is 2.04 bits per heavy atom. The third kappa shape index (κ3) is 6.19. The molecule has 1 N–H and O–H groups in total. The van der Waals surface area contributed by atoms with Crippen molar-refractivity contribution >= 4 is 11.9 Å². The first-order chi connectivity index (χ1) is 10.8. The van der Waals surface area contributed by atoms with Crippen LogP contribution in [-0.2, 0) is 20.7 Å². The van der Waals surface area contributed by atoms with Gasteiger partial charge >= 0.3 is 18.1 Å². The lowest BCUT2D eigenvalue weighted by molar-refractivity contribution is -0.171. The van der Waals surface area contributed by atoms with Crippen LogP contribution in [0.25, 0.3) is 0 Å². The average Bonchev–Trinajstić information content (AvgIpc) is 2.38. The SMILES string of the molecule is Cc1cc(OCC(F)(F)F)cc(C)c1CC(=O)OC(=O)C(C)(C)O. The third-order valence-electron chi connectivity index (χ3n) is 3.10. The van der Waals surface area contributed by atoms with E-state index in [-0.39, 0.29) is 12.2 Å². The van der Waals surface area contributed by atoms with Crippen LogP contribution < -0.4 is 4.74 Å². The number of hydrogen-bond acceptors (Lipinski definition) is 5. The number of rotatable bonds is 5. The highest BCUT2D eigenvalue weighted by molar-refractivity contribution is 5.90. The number of carbonyl (C=O) groups excluding carboxylic acids is 2. The summed E-state index contributed by atoms with van der Waals surface area (Å²) in [5, 5.41) is 9.44. The van der Waals surface area contributed by atoms with Gasteiger partial charge < -0.3 is 14.6 Å². The molecule has 8 heteroatoms. The lowest BCUT2D eigenvalue weighted by Crippen LogP contribution is -2.35. The summed E-state index contributed by atoms with van der Waals surface area (Å²) < 4.78 is 45.7. The van der Waals surface area contributed by atoms with E-state index in [1.165, 1.54) is 26.0 Å². The molecule has 0 aliphatic heterocycles. The van der Waals surface area contributed by atoms with Crippen molar-refractivity contribution < 1.29 is 37.3 Å². The lowest BCUT2D eigenvalue weighted by atomic mass is 9.99. The van der Waals surface area contributed by atoms with E-state index >= 15 is 0 Å². The van der Waals surface area contributed by atoms with Crippen molar-refractivity contribution in [1.82, 2.24) is 0 Å². The quantitative estimate of drug-likeness (QED) is 0.654. The molecule has 0 aliphatic rings. The predicted octanol–water partition coefficient (Wildman–Crippen LogP) is 2.63. The molecule has 0 atom stereocenters. The van der Waals surface area contributed by atoms with Crippen LogP contribution in [0.2, 0.25) is 0 Å². The molecule has 134 valence electrons. The van der Waals surface area contributed by atoms with Gasteiger partial charge in [0.15, 0.2) is 12.2 Å². The summed E-state index contributed by atoms with van der Waals surface area (Å²) in [5.41, 5.74) is -0.225. The minimum Gasteiger partial charge on any atom is -0.484 e. The first kappa shape index (κ1) is 20.0. The number of aryl methyl sites for hydroxylation is 2. The van der Waals surface area contributed by atoms with Crippen LogP contribution in [0.5, 0.6) is 5.75 Å². The Bertz CT molecular complexity index is 607. The number of esters is 2. The van der Waals surface area contributed by atoms with Gasteiger partial charge in [0, 0.05) is 0 Å². The predicted molar refractivity (Wildman–Crippen MR) is 78.6 cm³/mol. The van der Waals surface area contributed by atoms with Gasteiger partial charge in [-0.15, -0.1) is 0 Å². The summed E-state index contributed by atoms with van der Waals surface area (Å²) in [5.74, 6) is -1.91. The summed E-state index contributed by atoms with van der Waals surface area (Å²) in [7, 11) is 0. The molecular weight excluding hydrogens is 329 g/mol. The van der Waals surface area contributed by atoms with Crippen LogP contribution >= 0.6 is 0 Å². The second-order valence-electron chi connectivity index (χ2n) is 5.94. The zero-order chi connectivity index (χ0) is 18.7. The van der Waals surface area contributed by atoms with Gasteiger partial charge in [0.05, 0.1) is 6.42 Å². The van der Waals surface area contributed by atoms with Crippen LogP contribution in [0.1, 0.15) is 30.5 Å².